The fraction of sp³-hybridized carbons (Fsp3) is 0.583. The normalized spacial score (nSPS) is 21.1. The van der Waals surface area contributed by atoms with E-state index in [1.165, 1.54) is 5.57 Å². The zero-order valence-electron chi connectivity index (χ0n) is 9.78. The van der Waals surface area contributed by atoms with Gasteiger partial charge in [-0.2, -0.15) is 0 Å². The molecule has 2 N–H and O–H groups in total. The van der Waals surface area contributed by atoms with E-state index in [0.29, 0.717) is 5.92 Å². The van der Waals surface area contributed by atoms with Crippen LogP contribution in [0.3, 0.4) is 0 Å². The molecule has 1 unspecified atom stereocenters. The van der Waals surface area contributed by atoms with Gasteiger partial charge >= 0.3 is 0 Å². The highest BCUT2D eigenvalue weighted by atomic mass is 16.5. The first-order valence-electron chi connectivity index (χ1n) is 5.30. The van der Waals surface area contributed by atoms with Crippen molar-refractivity contribution in [3.8, 4) is 0 Å². The zero-order chi connectivity index (χ0) is 11.6. The fourth-order valence-corrected chi connectivity index (χ4v) is 1.89. The SMILES string of the molecule is CC(C)C1=C(C(C)C)C(C(N)=O)OC=C1. The van der Waals surface area contributed by atoms with Gasteiger partial charge in [0.1, 0.15) is 0 Å². The van der Waals surface area contributed by atoms with Crippen LogP contribution in [-0.2, 0) is 9.53 Å². The van der Waals surface area contributed by atoms with Crippen LogP contribution in [0.1, 0.15) is 27.7 Å². The van der Waals surface area contributed by atoms with Gasteiger partial charge in [-0.1, -0.05) is 27.7 Å². The van der Waals surface area contributed by atoms with Crippen LogP contribution in [-0.4, -0.2) is 12.0 Å². The molecule has 0 aromatic carbocycles. The van der Waals surface area contributed by atoms with Crippen molar-refractivity contribution < 1.29 is 9.53 Å². The van der Waals surface area contributed by atoms with Crippen LogP contribution in [0, 0.1) is 11.8 Å². The van der Waals surface area contributed by atoms with Crippen molar-refractivity contribution in [2.75, 3.05) is 0 Å². The Morgan fingerprint density at radius 3 is 2.33 bits per heavy atom. The molecular weight excluding hydrogens is 190 g/mol. The number of amides is 1. The molecular formula is C12H19NO2. The first-order chi connectivity index (χ1) is 6.95. The van der Waals surface area contributed by atoms with Gasteiger partial charge in [0.05, 0.1) is 6.26 Å². The number of hydrogen-bond donors (Lipinski definition) is 1. The average Bonchev–Trinajstić information content (AvgIpc) is 2.16. The largest absolute Gasteiger partial charge is 0.484 e. The number of nitrogens with two attached hydrogens (primary N) is 1. The van der Waals surface area contributed by atoms with Crippen LogP contribution in [0.5, 0.6) is 0 Å². The molecule has 84 valence electrons. The Kier molecular flexibility index (Phi) is 3.56. The summed E-state index contributed by atoms with van der Waals surface area (Å²) in [5.74, 6) is 0.232. The van der Waals surface area contributed by atoms with Gasteiger partial charge < -0.3 is 10.5 Å². The summed E-state index contributed by atoms with van der Waals surface area (Å²) in [5, 5.41) is 0. The van der Waals surface area contributed by atoms with Crippen LogP contribution in [0.25, 0.3) is 0 Å². The van der Waals surface area contributed by atoms with E-state index >= 15 is 0 Å². The van der Waals surface area contributed by atoms with Crippen molar-refractivity contribution in [2.24, 2.45) is 17.6 Å². The molecule has 1 rings (SSSR count). The number of rotatable bonds is 3. The smallest absolute Gasteiger partial charge is 0.262 e. The zero-order valence-corrected chi connectivity index (χ0v) is 9.78. The van der Waals surface area contributed by atoms with Crippen molar-refractivity contribution in [3.05, 3.63) is 23.5 Å². The third-order valence-electron chi connectivity index (χ3n) is 2.58. The Labute approximate surface area is 91.0 Å². The second-order valence-corrected chi connectivity index (χ2v) is 4.44. The van der Waals surface area contributed by atoms with E-state index in [4.69, 9.17) is 10.5 Å². The molecule has 0 saturated heterocycles. The molecule has 1 atom stereocenters. The molecule has 1 aliphatic heterocycles. The van der Waals surface area contributed by atoms with Gasteiger partial charge in [-0.25, -0.2) is 0 Å². The molecule has 3 heteroatoms. The lowest BCUT2D eigenvalue weighted by atomic mass is 9.86. The summed E-state index contributed by atoms with van der Waals surface area (Å²) < 4.78 is 5.28. The quantitative estimate of drug-likeness (QED) is 0.772. The molecule has 0 saturated carbocycles. The minimum Gasteiger partial charge on any atom is -0.484 e. The van der Waals surface area contributed by atoms with Gasteiger partial charge in [0, 0.05) is 0 Å². The van der Waals surface area contributed by atoms with Crippen molar-refractivity contribution in [1.29, 1.82) is 0 Å². The van der Waals surface area contributed by atoms with Crippen molar-refractivity contribution in [3.63, 3.8) is 0 Å². The van der Waals surface area contributed by atoms with Crippen LogP contribution < -0.4 is 5.73 Å². The lowest BCUT2D eigenvalue weighted by molar-refractivity contribution is -0.125. The van der Waals surface area contributed by atoms with Crippen molar-refractivity contribution in [1.82, 2.24) is 0 Å². The van der Waals surface area contributed by atoms with Gasteiger partial charge in [-0.05, 0) is 29.1 Å². The van der Waals surface area contributed by atoms with Crippen molar-refractivity contribution >= 4 is 5.91 Å². The molecule has 0 radical (unpaired) electrons. The fourth-order valence-electron chi connectivity index (χ4n) is 1.89. The van der Waals surface area contributed by atoms with Gasteiger partial charge in [0.15, 0.2) is 6.10 Å². The summed E-state index contributed by atoms with van der Waals surface area (Å²) in [4.78, 5) is 11.3. The first kappa shape index (κ1) is 11.8. The molecule has 0 aromatic heterocycles. The Balaban J connectivity index is 3.17. The maximum atomic E-state index is 11.3. The summed E-state index contributed by atoms with van der Waals surface area (Å²) in [6, 6.07) is 0. The van der Waals surface area contributed by atoms with E-state index in [2.05, 4.69) is 27.7 Å². The predicted molar refractivity (Wildman–Crippen MR) is 59.9 cm³/mol. The Bertz CT molecular complexity index is 314. The van der Waals surface area contributed by atoms with Crippen LogP contribution >= 0.6 is 0 Å². The van der Waals surface area contributed by atoms with Crippen LogP contribution in [0.4, 0.5) is 0 Å². The Morgan fingerprint density at radius 2 is 1.93 bits per heavy atom. The summed E-state index contributed by atoms with van der Waals surface area (Å²) in [5.41, 5.74) is 7.51. The molecule has 3 nitrogen and oxygen atoms in total. The van der Waals surface area contributed by atoms with Gasteiger partial charge in [0.25, 0.3) is 5.91 Å². The van der Waals surface area contributed by atoms with E-state index < -0.39 is 12.0 Å². The highest BCUT2D eigenvalue weighted by Crippen LogP contribution is 2.30. The average molecular weight is 209 g/mol. The monoisotopic (exact) mass is 209 g/mol. The molecule has 0 bridgehead atoms. The van der Waals surface area contributed by atoms with Gasteiger partial charge in [-0.3, -0.25) is 4.79 Å². The number of primary amides is 1. The molecule has 0 aromatic rings. The van der Waals surface area contributed by atoms with E-state index in [0.717, 1.165) is 5.57 Å². The summed E-state index contributed by atoms with van der Waals surface area (Å²) in [6.45, 7) is 8.31. The first-order valence-corrected chi connectivity index (χ1v) is 5.30. The van der Waals surface area contributed by atoms with E-state index in [1.54, 1.807) is 6.26 Å². The molecule has 1 aliphatic rings. The number of hydrogen-bond acceptors (Lipinski definition) is 2. The molecule has 1 heterocycles. The predicted octanol–water partition coefficient (Wildman–Crippen LogP) is 1.99. The summed E-state index contributed by atoms with van der Waals surface area (Å²) in [6.07, 6.45) is 2.91. The highest BCUT2D eigenvalue weighted by molar-refractivity contribution is 5.83. The Hall–Kier alpha value is -1.25. The number of carbonyl (C=O) groups excluding carboxylic acids is 1. The maximum Gasteiger partial charge on any atom is 0.262 e. The van der Waals surface area contributed by atoms with Crippen LogP contribution in [0.15, 0.2) is 23.5 Å². The van der Waals surface area contributed by atoms with Gasteiger partial charge in [0.2, 0.25) is 0 Å². The highest BCUT2D eigenvalue weighted by Gasteiger charge is 2.29. The third kappa shape index (κ3) is 2.41. The van der Waals surface area contributed by atoms with E-state index in [9.17, 15) is 4.79 Å². The maximum absolute atomic E-state index is 11.3. The molecule has 15 heavy (non-hydrogen) atoms. The van der Waals surface area contributed by atoms with Gasteiger partial charge in [-0.15, -0.1) is 0 Å². The lowest BCUT2D eigenvalue weighted by Crippen LogP contribution is -2.35. The number of carbonyl (C=O) groups is 1. The van der Waals surface area contributed by atoms with E-state index in [1.807, 2.05) is 6.08 Å². The topological polar surface area (TPSA) is 52.3 Å². The third-order valence-corrected chi connectivity index (χ3v) is 2.58. The molecule has 1 amide bonds. The molecule has 0 fully saturated rings. The molecule has 0 aliphatic carbocycles. The van der Waals surface area contributed by atoms with E-state index in [-0.39, 0.29) is 5.92 Å². The minimum atomic E-state index is -0.590. The van der Waals surface area contributed by atoms with Crippen LogP contribution in [0.2, 0.25) is 0 Å². The minimum absolute atomic E-state index is 0.268. The second kappa shape index (κ2) is 4.51. The second-order valence-electron chi connectivity index (χ2n) is 4.44. The Morgan fingerprint density at radius 1 is 1.33 bits per heavy atom. The number of allylic oxidation sites excluding steroid dienone is 2. The summed E-state index contributed by atoms with van der Waals surface area (Å²) >= 11 is 0. The molecule has 0 spiro atoms. The summed E-state index contributed by atoms with van der Waals surface area (Å²) in [7, 11) is 0. The standard InChI is InChI=1S/C12H19NO2/c1-7(2)9-5-6-15-11(12(13)14)10(9)8(3)4/h5-8,11H,1-4H3,(H2,13,14). The number of ether oxygens (including phenoxy) is 1. The van der Waals surface area contributed by atoms with Crippen molar-refractivity contribution in [2.45, 2.75) is 33.8 Å². The lowest BCUT2D eigenvalue weighted by Gasteiger charge is -2.28.